The number of ketones is 1. The van der Waals surface area contributed by atoms with Crippen LogP contribution in [0.2, 0.25) is 0 Å². The molecule has 0 saturated heterocycles. The fourth-order valence-corrected chi connectivity index (χ4v) is 3.54. The van der Waals surface area contributed by atoms with Crippen LogP contribution in [0.5, 0.6) is 0 Å². The van der Waals surface area contributed by atoms with E-state index in [0.717, 1.165) is 16.8 Å². The van der Waals surface area contributed by atoms with E-state index in [4.69, 9.17) is 4.74 Å². The number of aryl methyl sites for hydroxylation is 1. The van der Waals surface area contributed by atoms with E-state index in [1.165, 1.54) is 49.5 Å². The zero-order valence-corrected chi connectivity index (χ0v) is 18.0. The molecular weight excluding hydrogens is 418 g/mol. The molecule has 0 N–H and O–H groups in total. The molecule has 156 valence electrons. The number of sulfonamides is 1. The average Bonchev–Trinajstić information content (AvgIpc) is 2.64. The van der Waals surface area contributed by atoms with Crippen molar-refractivity contribution < 1.29 is 31.2 Å². The molecule has 10 heteroatoms. The van der Waals surface area contributed by atoms with Crippen LogP contribution in [-0.4, -0.2) is 54.8 Å². The summed E-state index contributed by atoms with van der Waals surface area (Å²) in [5, 5.41) is 0. The first kappa shape index (κ1) is 22.6. The topological polar surface area (TPSA) is 115 Å². The number of rotatable bonds is 7. The number of hydrogen-bond donors (Lipinski definition) is 0. The molecule has 0 atom stereocenters. The first-order valence-electron chi connectivity index (χ1n) is 8.35. The van der Waals surface area contributed by atoms with E-state index in [2.05, 4.69) is 0 Å². The van der Waals surface area contributed by atoms with E-state index >= 15 is 0 Å². The molecule has 0 fully saturated rings. The predicted octanol–water partition coefficient (Wildman–Crippen LogP) is 1.83. The fourth-order valence-electron chi connectivity index (χ4n) is 2.39. The first-order valence-corrected chi connectivity index (χ1v) is 12.1. The van der Waals surface area contributed by atoms with E-state index in [9.17, 15) is 26.4 Å². The molecule has 0 radical (unpaired) electrons. The minimum absolute atomic E-state index is 0.0213. The number of ether oxygens (including phenoxy) is 1. The van der Waals surface area contributed by atoms with Crippen LogP contribution in [0, 0.1) is 6.92 Å². The zero-order valence-electron chi connectivity index (χ0n) is 16.4. The van der Waals surface area contributed by atoms with Crippen LogP contribution in [0.25, 0.3) is 0 Å². The molecule has 0 heterocycles. The lowest BCUT2D eigenvalue weighted by molar-refractivity contribution is 0.0473. The molecule has 0 aliphatic carbocycles. The summed E-state index contributed by atoms with van der Waals surface area (Å²) in [5.74, 6) is -1.29. The van der Waals surface area contributed by atoms with Crippen molar-refractivity contribution in [2.24, 2.45) is 0 Å². The van der Waals surface area contributed by atoms with Crippen LogP contribution in [0.15, 0.2) is 47.4 Å². The third kappa shape index (κ3) is 5.64. The van der Waals surface area contributed by atoms with E-state index in [1.54, 1.807) is 6.92 Å². The third-order valence-electron chi connectivity index (χ3n) is 4.24. The molecule has 8 nitrogen and oxygen atoms in total. The smallest absolute Gasteiger partial charge is 0.338 e. The van der Waals surface area contributed by atoms with Gasteiger partial charge in [0, 0.05) is 18.9 Å². The molecule has 0 aliphatic heterocycles. The highest BCUT2D eigenvalue weighted by Crippen LogP contribution is 2.18. The number of hydrogen-bond acceptors (Lipinski definition) is 7. The highest BCUT2D eigenvalue weighted by atomic mass is 32.2. The normalized spacial score (nSPS) is 11.7. The second-order valence-electron chi connectivity index (χ2n) is 6.53. The van der Waals surface area contributed by atoms with Crippen molar-refractivity contribution in [2.75, 3.05) is 30.5 Å². The van der Waals surface area contributed by atoms with Crippen molar-refractivity contribution in [1.82, 2.24) is 0 Å². The largest absolute Gasteiger partial charge is 0.454 e. The molecule has 0 saturated carbocycles. The molecule has 0 unspecified atom stereocenters. The summed E-state index contributed by atoms with van der Waals surface area (Å²) in [6.07, 6.45) is 2.09. The van der Waals surface area contributed by atoms with Gasteiger partial charge in [-0.1, -0.05) is 6.07 Å². The molecule has 2 rings (SSSR count). The first-order chi connectivity index (χ1) is 13.3. The second kappa shape index (κ2) is 8.34. The number of anilines is 1. The lowest BCUT2D eigenvalue weighted by Gasteiger charge is -2.16. The summed E-state index contributed by atoms with van der Waals surface area (Å²) < 4.78 is 52.5. The Morgan fingerprint density at radius 3 is 2.07 bits per heavy atom. The van der Waals surface area contributed by atoms with Crippen molar-refractivity contribution in [1.29, 1.82) is 0 Å². The molecule has 0 aromatic heterocycles. The van der Waals surface area contributed by atoms with Crippen LogP contribution in [0.4, 0.5) is 5.69 Å². The van der Waals surface area contributed by atoms with Crippen molar-refractivity contribution in [3.63, 3.8) is 0 Å². The van der Waals surface area contributed by atoms with Crippen LogP contribution in [0.1, 0.15) is 26.3 Å². The number of carbonyl (C=O) groups excluding carboxylic acids is 2. The van der Waals surface area contributed by atoms with Crippen LogP contribution in [-0.2, 0) is 24.6 Å². The maximum atomic E-state index is 12.3. The third-order valence-corrected chi connectivity index (χ3v) is 6.56. The van der Waals surface area contributed by atoms with Gasteiger partial charge in [0.2, 0.25) is 10.0 Å². The SMILES string of the molecule is Cc1ccc(S(C)(=O)=O)cc1C(=O)OCC(=O)c1ccc(N(C)S(C)(=O)=O)cc1. The Morgan fingerprint density at radius 1 is 0.966 bits per heavy atom. The Kier molecular flexibility index (Phi) is 6.49. The van der Waals surface area contributed by atoms with Crippen LogP contribution < -0.4 is 4.31 Å². The van der Waals surface area contributed by atoms with Crippen molar-refractivity contribution >= 4 is 37.3 Å². The maximum absolute atomic E-state index is 12.3. The predicted molar refractivity (Wildman–Crippen MR) is 109 cm³/mol. The Hall–Kier alpha value is -2.72. The van der Waals surface area contributed by atoms with Crippen LogP contribution in [0.3, 0.4) is 0 Å². The highest BCUT2D eigenvalue weighted by Gasteiger charge is 2.18. The van der Waals surface area contributed by atoms with Crippen LogP contribution >= 0.6 is 0 Å². The molecule has 29 heavy (non-hydrogen) atoms. The van der Waals surface area contributed by atoms with E-state index in [0.29, 0.717) is 11.3 Å². The minimum Gasteiger partial charge on any atom is -0.454 e. The second-order valence-corrected chi connectivity index (χ2v) is 10.6. The molecule has 0 amide bonds. The summed E-state index contributed by atoms with van der Waals surface area (Å²) >= 11 is 0. The summed E-state index contributed by atoms with van der Waals surface area (Å²) in [7, 11) is -5.53. The molecule has 2 aromatic rings. The van der Waals surface area contributed by atoms with E-state index < -0.39 is 38.2 Å². The average molecular weight is 440 g/mol. The number of esters is 1. The fraction of sp³-hybridized carbons (Fsp3) is 0.263. The van der Waals surface area contributed by atoms with Crippen molar-refractivity contribution in [3.05, 3.63) is 59.2 Å². The van der Waals surface area contributed by atoms with Gasteiger partial charge >= 0.3 is 5.97 Å². The Bertz CT molecular complexity index is 1150. The van der Waals surface area contributed by atoms with Gasteiger partial charge in [0.15, 0.2) is 22.2 Å². The van der Waals surface area contributed by atoms with Gasteiger partial charge in [-0.3, -0.25) is 9.10 Å². The number of benzene rings is 2. The maximum Gasteiger partial charge on any atom is 0.338 e. The van der Waals surface area contributed by atoms with E-state index in [1.807, 2.05) is 0 Å². The van der Waals surface area contributed by atoms with E-state index in [-0.39, 0.29) is 16.0 Å². The van der Waals surface area contributed by atoms with Crippen molar-refractivity contribution in [3.8, 4) is 0 Å². The summed E-state index contributed by atoms with van der Waals surface area (Å²) in [4.78, 5) is 24.5. The van der Waals surface area contributed by atoms with Gasteiger partial charge in [-0.2, -0.15) is 0 Å². The Morgan fingerprint density at radius 2 is 1.55 bits per heavy atom. The minimum atomic E-state index is -3.49. The monoisotopic (exact) mass is 439 g/mol. The number of Topliss-reactive ketones (excluding diaryl/α,β-unsaturated/α-hetero) is 1. The van der Waals surface area contributed by atoms with Gasteiger partial charge in [-0.25, -0.2) is 21.6 Å². The number of sulfone groups is 1. The van der Waals surface area contributed by atoms with Gasteiger partial charge in [0.1, 0.15) is 0 Å². The quantitative estimate of drug-likeness (QED) is 0.477. The standard InChI is InChI=1S/C19H21NO7S2/c1-13-5-10-16(28(3,23)24)11-17(13)19(22)27-12-18(21)14-6-8-15(9-7-14)20(2)29(4,25)26/h5-11H,12H2,1-4H3. The lowest BCUT2D eigenvalue weighted by Crippen LogP contribution is -2.24. The Balaban J connectivity index is 2.10. The van der Waals surface area contributed by atoms with Gasteiger partial charge in [0.05, 0.1) is 22.4 Å². The van der Waals surface area contributed by atoms with Gasteiger partial charge in [0.25, 0.3) is 0 Å². The summed E-state index contributed by atoms with van der Waals surface area (Å²) in [5.41, 5.74) is 1.20. The Labute approximate surface area is 170 Å². The molecule has 0 bridgehead atoms. The molecule has 0 aliphatic rings. The lowest BCUT2D eigenvalue weighted by atomic mass is 10.1. The molecule has 2 aromatic carbocycles. The van der Waals surface area contributed by atoms with Gasteiger partial charge in [-0.15, -0.1) is 0 Å². The number of nitrogens with zero attached hydrogens (tertiary/aromatic N) is 1. The van der Waals surface area contributed by atoms with Gasteiger partial charge in [-0.05, 0) is 48.9 Å². The van der Waals surface area contributed by atoms with Gasteiger partial charge < -0.3 is 4.74 Å². The molecule has 0 spiro atoms. The summed E-state index contributed by atoms with van der Waals surface area (Å²) in [6.45, 7) is 1.09. The highest BCUT2D eigenvalue weighted by molar-refractivity contribution is 7.92. The molecular formula is C19H21NO7S2. The van der Waals surface area contributed by atoms with Crippen molar-refractivity contribution in [2.45, 2.75) is 11.8 Å². The zero-order chi connectivity index (χ0) is 22.0. The number of carbonyl (C=O) groups is 2. The summed E-state index contributed by atoms with van der Waals surface area (Å²) in [6, 6.07) is 9.90.